The molecule has 0 spiro atoms. The number of nitrogens with two attached hydrogens (primary N) is 1. The number of nitrogens with zero attached hydrogens (tertiary/aromatic N) is 4. The number of ether oxygens (including phenoxy) is 2. The number of imidazole rings is 1. The molecule has 1 aliphatic rings. The maximum atomic E-state index is 12.7. The Morgan fingerprint density at radius 1 is 1.09 bits per heavy atom. The van der Waals surface area contributed by atoms with Crippen LogP contribution >= 0.6 is 95.5 Å². The van der Waals surface area contributed by atoms with Gasteiger partial charge in [-0.3, -0.25) is 4.79 Å². The van der Waals surface area contributed by atoms with E-state index in [1.165, 1.54) is 23.5 Å². The first-order valence-electron chi connectivity index (χ1n) is 13.4. The minimum Gasteiger partial charge on any atom is -0.454 e. The molecule has 0 fully saturated rings. The first-order valence-corrected chi connectivity index (χ1v) is 18.2. The zero-order valence-electron chi connectivity index (χ0n) is 23.3. The molecule has 2 aromatic heterocycles. The van der Waals surface area contributed by atoms with E-state index >= 15 is 0 Å². The molecule has 15 heteroatoms. The lowest BCUT2D eigenvalue weighted by molar-refractivity contribution is -0.121. The van der Waals surface area contributed by atoms with Crippen molar-refractivity contribution in [1.82, 2.24) is 24.8 Å². The van der Waals surface area contributed by atoms with Crippen LogP contribution in [0.25, 0.3) is 21.9 Å². The van der Waals surface area contributed by atoms with Crippen molar-refractivity contribution in [3.63, 3.8) is 0 Å². The second-order valence-electron chi connectivity index (χ2n) is 9.55. The van der Waals surface area contributed by atoms with Crippen molar-refractivity contribution in [1.29, 1.82) is 0 Å². The number of fused-ring (bicyclic) bond motifs is 3. The summed E-state index contributed by atoms with van der Waals surface area (Å²) in [6.07, 6.45) is 1.65. The van der Waals surface area contributed by atoms with Crippen molar-refractivity contribution in [2.45, 2.75) is 29.4 Å². The van der Waals surface area contributed by atoms with Gasteiger partial charge in [0.25, 0.3) is 0 Å². The Morgan fingerprint density at radius 3 is 2.61 bits per heavy atom. The van der Waals surface area contributed by atoms with Gasteiger partial charge in [0.1, 0.15) is 5.76 Å². The number of hydrogen-bond donors (Lipinski definition) is 3. The Labute approximate surface area is 308 Å². The van der Waals surface area contributed by atoms with E-state index in [0.717, 1.165) is 20.4 Å². The number of amides is 1. The van der Waals surface area contributed by atoms with E-state index in [9.17, 15) is 4.79 Å². The average Bonchev–Trinajstić information content (AvgIpc) is 3.58. The highest BCUT2D eigenvalue weighted by Crippen LogP contribution is 2.43. The highest BCUT2D eigenvalue weighted by Gasteiger charge is 2.21. The summed E-state index contributed by atoms with van der Waals surface area (Å²) in [7, 11) is 0. The van der Waals surface area contributed by atoms with E-state index in [0.29, 0.717) is 46.9 Å². The van der Waals surface area contributed by atoms with Crippen LogP contribution in [0.1, 0.15) is 13.3 Å². The Balaban J connectivity index is 0.000000712. The Morgan fingerprint density at radius 2 is 1.82 bits per heavy atom. The van der Waals surface area contributed by atoms with Crippen LogP contribution < -0.4 is 25.8 Å². The van der Waals surface area contributed by atoms with Crippen molar-refractivity contribution in [2.75, 3.05) is 30.9 Å². The lowest BCUT2D eigenvalue weighted by Crippen LogP contribution is -2.29. The van der Waals surface area contributed by atoms with Gasteiger partial charge in [0, 0.05) is 46.5 Å². The molecule has 3 heterocycles. The van der Waals surface area contributed by atoms with Crippen LogP contribution in [0.5, 0.6) is 11.5 Å². The van der Waals surface area contributed by atoms with E-state index in [2.05, 4.69) is 129 Å². The van der Waals surface area contributed by atoms with Crippen LogP contribution in [0.3, 0.4) is 0 Å². The van der Waals surface area contributed by atoms with Gasteiger partial charge >= 0.3 is 0 Å². The van der Waals surface area contributed by atoms with Crippen molar-refractivity contribution < 1.29 is 14.3 Å². The third-order valence-electron chi connectivity index (χ3n) is 6.27. The molecule has 4 N–H and O–H groups in total. The number of aryl methyl sites for hydroxylation is 1. The maximum Gasteiger partial charge on any atom is 0.231 e. The summed E-state index contributed by atoms with van der Waals surface area (Å²) in [6, 6.07) is 18.1. The molecular formula is C29H27BrI3N7O3S. The molecule has 0 unspecified atom stereocenters. The van der Waals surface area contributed by atoms with Crippen LogP contribution in [0.4, 0.5) is 11.5 Å². The zero-order chi connectivity index (χ0) is 31.3. The summed E-state index contributed by atoms with van der Waals surface area (Å²) in [6.45, 7) is 3.81. The van der Waals surface area contributed by atoms with Gasteiger partial charge in [-0.15, -0.1) is 0 Å². The Kier molecular flexibility index (Phi) is 11.6. The van der Waals surface area contributed by atoms with E-state index < -0.39 is 0 Å². The van der Waals surface area contributed by atoms with Crippen LogP contribution in [-0.2, 0) is 11.3 Å². The SMILES string of the molecule is CC(I)(I)I.Nc1ncnc2c1nc(Sc1cc3c(cc1Br)OCO3)n2CCC(=O)NCCNc1cccc2ccccc12. The minimum absolute atomic E-state index is 0.0705. The lowest BCUT2D eigenvalue weighted by atomic mass is 10.1. The third-order valence-corrected chi connectivity index (χ3v) is 8.24. The van der Waals surface area contributed by atoms with Gasteiger partial charge in [-0.1, -0.05) is 116 Å². The molecule has 1 amide bonds. The standard InChI is InChI=1S/C27H24BrN7O3S.C2H3I3/c28-18-12-20-21(38-15-37-20)13-22(18)39-27-34-24-25(29)32-14-33-26(24)35(27)11-8-23(36)31-10-9-30-19-7-3-5-16-4-1-2-6-17(16)19;1-2(3,4)5/h1-7,12-14,30H,8-11,15H2,(H,31,36)(H2,29,32,33);1H3. The maximum absolute atomic E-state index is 12.7. The second-order valence-corrected chi connectivity index (χ2v) is 24.1. The fourth-order valence-electron chi connectivity index (χ4n) is 4.37. The van der Waals surface area contributed by atoms with Crippen LogP contribution in [-0.4, -0.2) is 44.7 Å². The zero-order valence-corrected chi connectivity index (χ0v) is 32.2. The first-order chi connectivity index (χ1) is 21.1. The second kappa shape index (κ2) is 15.2. The average molecular weight is 1010 g/mol. The van der Waals surface area contributed by atoms with Crippen LogP contribution in [0.2, 0.25) is 0 Å². The van der Waals surface area contributed by atoms with Gasteiger partial charge < -0.3 is 30.4 Å². The monoisotopic (exact) mass is 1010 g/mol. The fourth-order valence-corrected chi connectivity index (χ4v) is 5.88. The van der Waals surface area contributed by atoms with Gasteiger partial charge in [-0.25, -0.2) is 15.0 Å². The van der Waals surface area contributed by atoms with Gasteiger partial charge in [0.15, 0.2) is 33.6 Å². The van der Waals surface area contributed by atoms with Gasteiger partial charge in [0.2, 0.25) is 12.7 Å². The van der Waals surface area contributed by atoms with Gasteiger partial charge in [0.05, 0.1) is 0 Å². The number of nitrogens with one attached hydrogen (secondary N) is 2. The van der Waals surface area contributed by atoms with Crippen molar-refractivity contribution >= 4 is 135 Å². The van der Waals surface area contributed by atoms with Crippen LogP contribution in [0.15, 0.2) is 75.4 Å². The lowest BCUT2D eigenvalue weighted by Gasteiger charge is -2.12. The molecule has 5 aromatic rings. The van der Waals surface area contributed by atoms with Crippen molar-refractivity contribution in [3.05, 3.63) is 65.4 Å². The number of alkyl halides is 3. The highest BCUT2D eigenvalue weighted by molar-refractivity contribution is 14.3. The number of benzene rings is 3. The number of halogens is 4. The normalized spacial score (nSPS) is 12.2. The Bertz CT molecular complexity index is 1790. The predicted molar refractivity (Wildman–Crippen MR) is 205 cm³/mol. The Hall–Kier alpha value is -1.84. The molecule has 0 bridgehead atoms. The van der Waals surface area contributed by atoms with E-state index in [1.54, 1.807) is 0 Å². The molecule has 0 aliphatic carbocycles. The molecule has 1 aliphatic heterocycles. The molecule has 3 aromatic carbocycles. The van der Waals surface area contributed by atoms with Gasteiger partial charge in [-0.2, -0.15) is 0 Å². The quantitative estimate of drug-likeness (QED) is 0.0771. The highest BCUT2D eigenvalue weighted by atomic mass is 127. The van der Waals surface area contributed by atoms with Crippen molar-refractivity contribution in [2.24, 2.45) is 0 Å². The molecule has 10 nitrogen and oxygen atoms in total. The number of rotatable bonds is 9. The molecule has 0 saturated heterocycles. The summed E-state index contributed by atoms with van der Waals surface area (Å²) < 4.78 is 14.1. The third kappa shape index (κ3) is 8.91. The summed E-state index contributed by atoms with van der Waals surface area (Å²) in [5, 5.41) is 9.37. The molecule has 0 saturated carbocycles. The summed E-state index contributed by atoms with van der Waals surface area (Å²) >= 11 is 12.1. The molecule has 6 rings (SSSR count). The van der Waals surface area contributed by atoms with E-state index in [-0.39, 0.29) is 24.9 Å². The van der Waals surface area contributed by atoms with E-state index in [1.807, 2.05) is 41.0 Å². The van der Waals surface area contributed by atoms with Crippen molar-refractivity contribution in [3.8, 4) is 11.5 Å². The number of carbonyl (C=O) groups excluding carboxylic acids is 1. The molecule has 230 valence electrons. The molecule has 44 heavy (non-hydrogen) atoms. The summed E-state index contributed by atoms with van der Waals surface area (Å²) in [4.78, 5) is 26.8. The first kappa shape index (κ1) is 33.5. The number of anilines is 2. The largest absolute Gasteiger partial charge is 0.454 e. The smallest absolute Gasteiger partial charge is 0.231 e. The van der Waals surface area contributed by atoms with E-state index in [4.69, 9.17) is 20.2 Å². The number of aromatic nitrogens is 4. The topological polar surface area (TPSA) is 129 Å². The summed E-state index contributed by atoms with van der Waals surface area (Å²) in [5.41, 5.74) is 8.20. The number of carbonyl (C=O) groups is 1. The van der Waals surface area contributed by atoms with Crippen LogP contribution in [0, 0.1) is 0 Å². The molecular weight excluding hydrogens is 987 g/mol. The number of nitrogen functional groups attached to an aromatic ring is 1. The fraction of sp³-hybridized carbons (Fsp3) is 0.241. The number of hydrogen-bond acceptors (Lipinski definition) is 9. The van der Waals surface area contributed by atoms with Gasteiger partial charge in [-0.05, 0) is 46.4 Å². The molecule has 0 atom stereocenters. The summed E-state index contributed by atoms with van der Waals surface area (Å²) in [5.74, 6) is 1.56. The molecule has 0 radical (unpaired) electrons. The predicted octanol–water partition coefficient (Wildman–Crippen LogP) is 7.79. The minimum atomic E-state index is -0.0705.